The molecule has 1 aromatic carbocycles. The second kappa shape index (κ2) is 10.2. The van der Waals surface area contributed by atoms with E-state index in [1.807, 2.05) is 48.0 Å². The van der Waals surface area contributed by atoms with Gasteiger partial charge in [0, 0.05) is 30.5 Å². The Kier molecular flexibility index (Phi) is 7.77. The Morgan fingerprint density at radius 3 is 2.41 bits per heavy atom. The zero-order valence-electron chi connectivity index (χ0n) is 19.7. The molecule has 0 radical (unpaired) electrons. The summed E-state index contributed by atoms with van der Waals surface area (Å²) in [5, 5.41) is 7.84. The summed E-state index contributed by atoms with van der Waals surface area (Å²) >= 11 is 0. The van der Waals surface area contributed by atoms with Crippen LogP contribution >= 0.6 is 0 Å². The van der Waals surface area contributed by atoms with Crippen molar-refractivity contribution in [2.24, 2.45) is 5.92 Å². The molecule has 0 aliphatic carbocycles. The van der Waals surface area contributed by atoms with Gasteiger partial charge in [0.25, 0.3) is 0 Å². The van der Waals surface area contributed by atoms with Crippen molar-refractivity contribution in [3.05, 3.63) is 47.7 Å². The molecule has 0 atom stereocenters. The third kappa shape index (κ3) is 6.19. The Hall–Kier alpha value is -2.19. The first kappa shape index (κ1) is 24.5. The molecule has 1 amide bonds. The van der Waals surface area contributed by atoms with E-state index >= 15 is 0 Å². The fraction of sp³-hybridized carbons (Fsp3) is 0.583. The maximum Gasteiger partial charge on any atom is 0.228 e. The molecule has 1 fully saturated rings. The third-order valence-electron chi connectivity index (χ3n) is 5.95. The van der Waals surface area contributed by atoms with E-state index in [1.165, 1.54) is 0 Å². The Balaban J connectivity index is 1.69. The van der Waals surface area contributed by atoms with E-state index < -0.39 is 10.0 Å². The fourth-order valence-corrected chi connectivity index (χ4v) is 5.52. The fourth-order valence-electron chi connectivity index (χ4n) is 3.84. The van der Waals surface area contributed by atoms with E-state index in [-0.39, 0.29) is 23.0 Å². The van der Waals surface area contributed by atoms with Crippen LogP contribution in [0.2, 0.25) is 0 Å². The van der Waals surface area contributed by atoms with E-state index in [0.29, 0.717) is 44.7 Å². The number of nitrogens with zero attached hydrogens (tertiary/aromatic N) is 3. The molecular weight excluding hydrogens is 424 g/mol. The van der Waals surface area contributed by atoms with Crippen LogP contribution in [0.1, 0.15) is 64.6 Å². The number of unbranched alkanes of at least 4 members (excludes halogenated alkanes) is 1. The molecular formula is C24H36N4O3S. The average Bonchev–Trinajstić information content (AvgIpc) is 3.16. The van der Waals surface area contributed by atoms with Gasteiger partial charge in [-0.3, -0.25) is 4.79 Å². The molecule has 32 heavy (non-hydrogen) atoms. The summed E-state index contributed by atoms with van der Waals surface area (Å²) in [6.45, 7) is 9.66. The van der Waals surface area contributed by atoms with Crippen LogP contribution in [0.4, 0.5) is 5.82 Å². The third-order valence-corrected chi connectivity index (χ3v) is 7.91. The summed E-state index contributed by atoms with van der Waals surface area (Å²) in [7, 11) is -3.22. The number of hydrogen-bond donors (Lipinski definition) is 1. The predicted octanol–water partition coefficient (Wildman–Crippen LogP) is 4.01. The molecule has 1 aliphatic heterocycles. The Labute approximate surface area is 192 Å². The van der Waals surface area contributed by atoms with E-state index in [1.54, 1.807) is 4.31 Å². The summed E-state index contributed by atoms with van der Waals surface area (Å²) in [6.07, 6.45) is 2.60. The highest BCUT2D eigenvalue weighted by molar-refractivity contribution is 7.89. The van der Waals surface area contributed by atoms with E-state index in [4.69, 9.17) is 5.10 Å². The van der Waals surface area contributed by atoms with Crippen molar-refractivity contribution in [2.45, 2.75) is 65.3 Å². The second-order valence-electron chi connectivity index (χ2n) is 9.64. The maximum atomic E-state index is 13.0. The van der Waals surface area contributed by atoms with Gasteiger partial charge in [0.1, 0.15) is 5.82 Å². The standard InChI is InChI=1S/C24H36N4O3S/c1-5-6-16-32(30,31)27-14-12-20(13-15-27)23(29)25-22-17-21(24(2,3)4)26-28(22)18-19-10-8-7-9-11-19/h7-11,17,20H,5-6,12-16,18H2,1-4H3,(H,25,29). The normalized spacial score (nSPS) is 16.2. The number of aromatic nitrogens is 2. The topological polar surface area (TPSA) is 84.3 Å². The molecule has 0 saturated carbocycles. The number of piperidine rings is 1. The molecule has 0 bridgehead atoms. The molecule has 2 aromatic rings. The number of carbonyl (C=O) groups is 1. The minimum Gasteiger partial charge on any atom is -0.311 e. The van der Waals surface area contributed by atoms with Crippen molar-refractivity contribution in [3.8, 4) is 0 Å². The summed E-state index contributed by atoms with van der Waals surface area (Å²) in [5.74, 6) is 0.604. The Bertz CT molecular complexity index is 1000. The van der Waals surface area contributed by atoms with Gasteiger partial charge in [0.15, 0.2) is 0 Å². The van der Waals surface area contributed by atoms with Crippen LogP contribution < -0.4 is 5.32 Å². The number of carbonyl (C=O) groups excluding carboxylic acids is 1. The molecule has 0 unspecified atom stereocenters. The monoisotopic (exact) mass is 460 g/mol. The lowest BCUT2D eigenvalue weighted by molar-refractivity contribution is -0.121. The van der Waals surface area contributed by atoms with Gasteiger partial charge in [-0.2, -0.15) is 5.10 Å². The highest BCUT2D eigenvalue weighted by Crippen LogP contribution is 2.26. The summed E-state index contributed by atoms with van der Waals surface area (Å²) in [4.78, 5) is 13.0. The Morgan fingerprint density at radius 1 is 1.16 bits per heavy atom. The minimum atomic E-state index is -3.22. The van der Waals surface area contributed by atoms with E-state index in [9.17, 15) is 13.2 Å². The molecule has 176 valence electrons. The van der Waals surface area contributed by atoms with Gasteiger partial charge in [-0.05, 0) is 24.8 Å². The molecule has 1 saturated heterocycles. The predicted molar refractivity (Wildman–Crippen MR) is 128 cm³/mol. The number of benzene rings is 1. The van der Waals surface area contributed by atoms with Crippen molar-refractivity contribution in [2.75, 3.05) is 24.2 Å². The van der Waals surface area contributed by atoms with Crippen LogP contribution in [-0.4, -0.2) is 47.3 Å². The summed E-state index contributed by atoms with van der Waals surface area (Å²) < 4.78 is 28.3. The number of sulfonamides is 1. The second-order valence-corrected chi connectivity index (χ2v) is 11.7. The molecule has 8 heteroatoms. The van der Waals surface area contributed by atoms with Crippen molar-refractivity contribution < 1.29 is 13.2 Å². The first-order valence-corrected chi connectivity index (χ1v) is 13.1. The number of hydrogen-bond acceptors (Lipinski definition) is 4. The molecule has 7 nitrogen and oxygen atoms in total. The SMILES string of the molecule is CCCCS(=O)(=O)N1CCC(C(=O)Nc2cc(C(C)(C)C)nn2Cc2ccccc2)CC1. The van der Waals surface area contributed by atoms with Crippen LogP contribution in [0.5, 0.6) is 0 Å². The van der Waals surface area contributed by atoms with Crippen LogP contribution in [-0.2, 0) is 26.8 Å². The van der Waals surface area contributed by atoms with Crippen LogP contribution in [0.3, 0.4) is 0 Å². The van der Waals surface area contributed by atoms with Gasteiger partial charge in [-0.25, -0.2) is 17.4 Å². The Morgan fingerprint density at radius 2 is 1.81 bits per heavy atom. The molecule has 1 N–H and O–H groups in total. The average molecular weight is 461 g/mol. The number of amides is 1. The van der Waals surface area contributed by atoms with Crippen molar-refractivity contribution in [3.63, 3.8) is 0 Å². The van der Waals surface area contributed by atoms with Crippen LogP contribution in [0.25, 0.3) is 0 Å². The van der Waals surface area contributed by atoms with Crippen molar-refractivity contribution >= 4 is 21.7 Å². The summed E-state index contributed by atoms with van der Waals surface area (Å²) in [5.41, 5.74) is 1.89. The lowest BCUT2D eigenvalue weighted by Crippen LogP contribution is -2.42. The van der Waals surface area contributed by atoms with Crippen molar-refractivity contribution in [1.82, 2.24) is 14.1 Å². The maximum absolute atomic E-state index is 13.0. The molecule has 0 spiro atoms. The van der Waals surface area contributed by atoms with Crippen molar-refractivity contribution in [1.29, 1.82) is 0 Å². The van der Waals surface area contributed by atoms with Gasteiger partial charge < -0.3 is 5.32 Å². The largest absolute Gasteiger partial charge is 0.311 e. The highest BCUT2D eigenvalue weighted by Gasteiger charge is 2.31. The van der Waals surface area contributed by atoms with Crippen LogP contribution in [0.15, 0.2) is 36.4 Å². The zero-order valence-corrected chi connectivity index (χ0v) is 20.5. The lowest BCUT2D eigenvalue weighted by atomic mass is 9.92. The molecule has 2 heterocycles. The smallest absolute Gasteiger partial charge is 0.228 e. The number of rotatable bonds is 8. The first-order chi connectivity index (χ1) is 15.1. The zero-order chi connectivity index (χ0) is 23.4. The van der Waals surface area contributed by atoms with Gasteiger partial charge in [-0.15, -0.1) is 0 Å². The van der Waals surface area contributed by atoms with Crippen LogP contribution in [0, 0.1) is 5.92 Å². The first-order valence-electron chi connectivity index (χ1n) is 11.5. The number of nitrogens with one attached hydrogen (secondary N) is 1. The lowest BCUT2D eigenvalue weighted by Gasteiger charge is -2.30. The minimum absolute atomic E-state index is 0.0646. The quantitative estimate of drug-likeness (QED) is 0.645. The summed E-state index contributed by atoms with van der Waals surface area (Å²) in [6, 6.07) is 12.0. The van der Waals surface area contributed by atoms with Gasteiger partial charge in [0.05, 0.1) is 18.0 Å². The van der Waals surface area contributed by atoms with Gasteiger partial charge >= 0.3 is 0 Å². The molecule has 1 aromatic heterocycles. The van der Waals surface area contributed by atoms with E-state index in [0.717, 1.165) is 17.7 Å². The molecule has 1 aliphatic rings. The molecule has 3 rings (SSSR count). The number of anilines is 1. The van der Waals surface area contributed by atoms with E-state index in [2.05, 4.69) is 26.1 Å². The van der Waals surface area contributed by atoms with Gasteiger partial charge in [-0.1, -0.05) is 64.4 Å². The highest BCUT2D eigenvalue weighted by atomic mass is 32.2. The van der Waals surface area contributed by atoms with Gasteiger partial charge in [0.2, 0.25) is 15.9 Å².